The highest BCUT2D eigenvalue weighted by Crippen LogP contribution is 2.30. The smallest absolute Gasteiger partial charge is 0.216 e. The second kappa shape index (κ2) is 9.91. The van der Waals surface area contributed by atoms with Gasteiger partial charge in [-0.25, -0.2) is 0 Å². The molecule has 0 saturated heterocycles. The number of para-hydroxylation sites is 2. The number of hydrogen-bond donors (Lipinski definition) is 1. The summed E-state index contributed by atoms with van der Waals surface area (Å²) < 4.78 is 7.92. The van der Waals surface area contributed by atoms with Crippen LogP contribution in [0.5, 0.6) is 5.75 Å². The summed E-state index contributed by atoms with van der Waals surface area (Å²) in [4.78, 5) is 24.2. The van der Waals surface area contributed by atoms with Crippen molar-refractivity contribution in [2.75, 3.05) is 19.4 Å². The Morgan fingerprint density at radius 2 is 2.03 bits per heavy atom. The Kier molecular flexibility index (Phi) is 7.29. The summed E-state index contributed by atoms with van der Waals surface area (Å²) in [5.74, 6) is 1.39. The summed E-state index contributed by atoms with van der Waals surface area (Å²) in [6.07, 6.45) is 0.486. The van der Waals surface area contributed by atoms with Gasteiger partial charge in [0.2, 0.25) is 5.91 Å². The lowest BCUT2D eigenvalue weighted by Gasteiger charge is -2.13. The number of Topliss-reactive ketones (excluding diaryl/α,β-unsaturated/α-hetero) is 1. The molecule has 1 amide bonds. The van der Waals surface area contributed by atoms with Crippen molar-refractivity contribution in [1.29, 1.82) is 0 Å². The molecular formula is C19H19ClN4O3S2. The lowest BCUT2D eigenvalue weighted by molar-refractivity contribution is -0.118. The van der Waals surface area contributed by atoms with E-state index in [1.807, 2.05) is 28.8 Å². The molecule has 0 fully saturated rings. The van der Waals surface area contributed by atoms with E-state index in [2.05, 4.69) is 15.5 Å². The Balaban J connectivity index is 1.86. The number of thioether (sulfide) groups is 1. The molecule has 0 bridgehead atoms. The molecule has 0 aliphatic rings. The minimum atomic E-state index is -0.108. The van der Waals surface area contributed by atoms with E-state index in [1.165, 1.54) is 30.0 Å². The van der Waals surface area contributed by atoms with Crippen molar-refractivity contribution in [2.24, 2.45) is 0 Å². The van der Waals surface area contributed by atoms with Gasteiger partial charge in [0, 0.05) is 19.9 Å². The Bertz CT molecular complexity index is 1020. The molecule has 152 valence electrons. The second-order valence-corrected chi connectivity index (χ2v) is 8.61. The Morgan fingerprint density at radius 3 is 2.72 bits per heavy atom. The number of methoxy groups -OCH3 is 1. The highest BCUT2D eigenvalue weighted by Gasteiger charge is 2.19. The number of thiophene rings is 1. The van der Waals surface area contributed by atoms with Gasteiger partial charge < -0.3 is 10.1 Å². The van der Waals surface area contributed by atoms with Crippen LogP contribution in [0.3, 0.4) is 0 Å². The Morgan fingerprint density at radius 1 is 1.24 bits per heavy atom. The van der Waals surface area contributed by atoms with Crippen molar-refractivity contribution in [3.05, 3.63) is 51.4 Å². The second-order valence-electron chi connectivity index (χ2n) is 5.95. The zero-order valence-corrected chi connectivity index (χ0v) is 18.2. The summed E-state index contributed by atoms with van der Waals surface area (Å²) >= 11 is 8.47. The lowest BCUT2D eigenvalue weighted by atomic mass is 10.2. The van der Waals surface area contributed by atoms with Crippen molar-refractivity contribution in [3.8, 4) is 11.4 Å². The number of carbonyl (C=O) groups is 2. The number of aromatic nitrogens is 3. The minimum absolute atomic E-state index is 0.0266. The number of carbonyl (C=O) groups excluding carboxylic acids is 2. The fraction of sp³-hybridized carbons (Fsp3) is 0.263. The van der Waals surface area contributed by atoms with E-state index < -0.39 is 0 Å². The van der Waals surface area contributed by atoms with E-state index in [0.717, 1.165) is 5.69 Å². The molecule has 0 spiro atoms. The van der Waals surface area contributed by atoms with Crippen LogP contribution in [0, 0.1) is 0 Å². The van der Waals surface area contributed by atoms with Crippen molar-refractivity contribution in [3.63, 3.8) is 0 Å². The molecule has 3 rings (SSSR count). The van der Waals surface area contributed by atoms with Crippen LogP contribution >= 0.6 is 34.7 Å². The van der Waals surface area contributed by atoms with Crippen LogP contribution in [0.1, 0.15) is 22.4 Å². The standard InChI is InChI=1S/C19H19ClN4O3S2/c1-12(25)21-10-9-18-22-23-19(24(18)13-5-3-4-6-15(13)27-2)28-11-14(26)16-7-8-17(20)29-16/h3-8H,9-11H2,1-2H3,(H,21,25). The maximum absolute atomic E-state index is 12.5. The first-order chi connectivity index (χ1) is 14.0. The van der Waals surface area contributed by atoms with Gasteiger partial charge in [-0.2, -0.15) is 0 Å². The van der Waals surface area contributed by atoms with Crippen molar-refractivity contribution < 1.29 is 14.3 Å². The zero-order chi connectivity index (χ0) is 20.8. The number of rotatable bonds is 9. The van der Waals surface area contributed by atoms with Crippen LogP contribution in [-0.4, -0.2) is 45.9 Å². The predicted molar refractivity (Wildman–Crippen MR) is 115 cm³/mol. The number of ether oxygens (including phenoxy) is 1. The van der Waals surface area contributed by atoms with E-state index in [9.17, 15) is 9.59 Å². The molecule has 0 aliphatic heterocycles. The average molecular weight is 451 g/mol. The molecule has 2 aromatic heterocycles. The van der Waals surface area contributed by atoms with Gasteiger partial charge in [-0.15, -0.1) is 21.5 Å². The van der Waals surface area contributed by atoms with E-state index in [4.69, 9.17) is 16.3 Å². The molecule has 0 radical (unpaired) electrons. The summed E-state index contributed by atoms with van der Waals surface area (Å²) in [7, 11) is 1.59. The largest absolute Gasteiger partial charge is 0.495 e. The first-order valence-corrected chi connectivity index (χ1v) is 10.9. The van der Waals surface area contributed by atoms with Gasteiger partial charge in [0.1, 0.15) is 11.6 Å². The molecule has 0 unspecified atom stereocenters. The SMILES string of the molecule is COc1ccccc1-n1c(CCNC(C)=O)nnc1SCC(=O)c1ccc(Cl)s1. The van der Waals surface area contributed by atoms with E-state index >= 15 is 0 Å². The maximum Gasteiger partial charge on any atom is 0.216 e. The molecule has 0 aliphatic carbocycles. The molecule has 1 N–H and O–H groups in total. The van der Waals surface area contributed by atoms with Crippen LogP contribution in [0.25, 0.3) is 5.69 Å². The zero-order valence-electron chi connectivity index (χ0n) is 15.8. The van der Waals surface area contributed by atoms with Crippen LogP contribution in [0.15, 0.2) is 41.6 Å². The van der Waals surface area contributed by atoms with Gasteiger partial charge in [0.25, 0.3) is 0 Å². The van der Waals surface area contributed by atoms with Crippen molar-refractivity contribution >= 4 is 46.4 Å². The minimum Gasteiger partial charge on any atom is -0.495 e. The van der Waals surface area contributed by atoms with Crippen molar-refractivity contribution in [2.45, 2.75) is 18.5 Å². The summed E-state index contributed by atoms with van der Waals surface area (Å²) in [6, 6.07) is 10.9. The van der Waals surface area contributed by atoms with Crippen LogP contribution in [-0.2, 0) is 11.2 Å². The molecule has 0 atom stereocenters. The number of nitrogens with zero attached hydrogens (tertiary/aromatic N) is 3. The van der Waals surface area contributed by atoms with E-state index in [-0.39, 0.29) is 17.4 Å². The summed E-state index contributed by atoms with van der Waals surface area (Å²) in [5, 5.41) is 11.9. The molecule has 29 heavy (non-hydrogen) atoms. The number of halogens is 1. The lowest BCUT2D eigenvalue weighted by Crippen LogP contribution is -2.23. The van der Waals surface area contributed by atoms with Crippen LogP contribution in [0.2, 0.25) is 4.34 Å². The highest BCUT2D eigenvalue weighted by molar-refractivity contribution is 7.99. The quantitative estimate of drug-likeness (QED) is 0.395. The topological polar surface area (TPSA) is 86.1 Å². The molecule has 1 aromatic carbocycles. The number of nitrogens with one attached hydrogen (secondary N) is 1. The van der Waals surface area contributed by atoms with Crippen molar-refractivity contribution in [1.82, 2.24) is 20.1 Å². The molecule has 7 nitrogen and oxygen atoms in total. The van der Waals surface area contributed by atoms with Crippen LogP contribution < -0.4 is 10.1 Å². The number of ketones is 1. The first-order valence-electron chi connectivity index (χ1n) is 8.73. The number of hydrogen-bond acceptors (Lipinski definition) is 7. The highest BCUT2D eigenvalue weighted by atomic mass is 35.5. The predicted octanol–water partition coefficient (Wildman–Crippen LogP) is 3.64. The van der Waals surface area contributed by atoms with Gasteiger partial charge in [0.05, 0.1) is 27.8 Å². The van der Waals surface area contributed by atoms with E-state index in [1.54, 1.807) is 19.2 Å². The maximum atomic E-state index is 12.5. The Labute approximate surface area is 181 Å². The third kappa shape index (κ3) is 5.37. The normalized spacial score (nSPS) is 10.7. The molecule has 0 saturated carbocycles. The third-order valence-electron chi connectivity index (χ3n) is 3.93. The fourth-order valence-electron chi connectivity index (χ4n) is 2.63. The van der Waals surface area contributed by atoms with Gasteiger partial charge in [-0.1, -0.05) is 35.5 Å². The molecule has 10 heteroatoms. The number of amides is 1. The molecule has 2 heterocycles. The van der Waals surface area contributed by atoms with Gasteiger partial charge in [0.15, 0.2) is 10.9 Å². The molecular weight excluding hydrogens is 432 g/mol. The monoisotopic (exact) mass is 450 g/mol. The fourth-order valence-corrected chi connectivity index (χ4v) is 4.55. The third-order valence-corrected chi connectivity index (χ3v) is 6.13. The van der Waals surface area contributed by atoms with Gasteiger partial charge in [-0.05, 0) is 24.3 Å². The Hall–Kier alpha value is -2.36. The average Bonchev–Trinajstić information content (AvgIpc) is 3.32. The van der Waals surface area contributed by atoms with Crippen LogP contribution in [0.4, 0.5) is 0 Å². The molecule has 3 aromatic rings. The van der Waals surface area contributed by atoms with E-state index in [0.29, 0.717) is 38.9 Å². The number of benzene rings is 1. The van der Waals surface area contributed by atoms with Gasteiger partial charge in [-0.3, -0.25) is 14.2 Å². The summed E-state index contributed by atoms with van der Waals surface area (Å²) in [5.41, 5.74) is 0.770. The first kappa shape index (κ1) is 21.4. The van der Waals surface area contributed by atoms with Gasteiger partial charge >= 0.3 is 0 Å². The summed E-state index contributed by atoms with van der Waals surface area (Å²) in [6.45, 7) is 1.90.